The van der Waals surface area contributed by atoms with E-state index in [1.54, 1.807) is 6.07 Å². The molecule has 136 valence electrons. The van der Waals surface area contributed by atoms with Crippen LogP contribution in [-0.4, -0.2) is 29.5 Å². The quantitative estimate of drug-likeness (QED) is 0.810. The molecule has 6 nitrogen and oxygen atoms in total. The summed E-state index contributed by atoms with van der Waals surface area (Å²) in [6.45, 7) is 1.12. The van der Waals surface area contributed by atoms with Gasteiger partial charge in [-0.2, -0.15) is 0 Å². The number of rotatable bonds is 5. The molecule has 2 aromatic rings. The van der Waals surface area contributed by atoms with Crippen molar-refractivity contribution < 1.29 is 14.3 Å². The zero-order chi connectivity index (χ0) is 18.4. The van der Waals surface area contributed by atoms with Crippen LogP contribution >= 0.6 is 0 Å². The smallest absolute Gasteiger partial charge is 0.410 e. The summed E-state index contributed by atoms with van der Waals surface area (Å²) in [7, 11) is 0. The molecular weight excluding hydrogens is 330 g/mol. The number of nitrogens with one attached hydrogen (secondary N) is 1. The molecule has 1 aliphatic heterocycles. The van der Waals surface area contributed by atoms with Gasteiger partial charge >= 0.3 is 6.09 Å². The Hall–Kier alpha value is -3.02. The topological polar surface area (TPSA) is 84.7 Å². The first kappa shape index (κ1) is 17.8. The van der Waals surface area contributed by atoms with Gasteiger partial charge < -0.3 is 15.8 Å². The minimum atomic E-state index is -0.487. The second-order valence-corrected chi connectivity index (χ2v) is 6.35. The molecule has 26 heavy (non-hydrogen) atoms. The lowest BCUT2D eigenvalue weighted by Gasteiger charge is -2.23. The molecule has 1 aliphatic rings. The van der Waals surface area contributed by atoms with Gasteiger partial charge in [0.15, 0.2) is 0 Å². The number of nitrogens with zero attached hydrogens (tertiary/aromatic N) is 1. The second-order valence-electron chi connectivity index (χ2n) is 6.35. The van der Waals surface area contributed by atoms with Gasteiger partial charge in [-0.15, -0.1) is 0 Å². The Morgan fingerprint density at radius 1 is 1.12 bits per heavy atom. The van der Waals surface area contributed by atoms with E-state index in [0.717, 1.165) is 17.5 Å². The summed E-state index contributed by atoms with van der Waals surface area (Å²) < 4.78 is 5.36. The molecule has 0 bridgehead atoms. The average Bonchev–Trinajstić information content (AvgIpc) is 3.15. The van der Waals surface area contributed by atoms with Crippen molar-refractivity contribution >= 4 is 17.7 Å². The van der Waals surface area contributed by atoms with Crippen molar-refractivity contribution in [3.63, 3.8) is 0 Å². The number of hydrogen-bond acceptors (Lipinski definition) is 4. The van der Waals surface area contributed by atoms with Crippen LogP contribution in [0.3, 0.4) is 0 Å². The van der Waals surface area contributed by atoms with E-state index in [1.807, 2.05) is 48.5 Å². The lowest BCUT2D eigenvalue weighted by Crippen LogP contribution is -2.45. The Kier molecular flexibility index (Phi) is 5.73. The fraction of sp³-hybridized carbons (Fsp3) is 0.300. The van der Waals surface area contributed by atoms with Crippen molar-refractivity contribution in [2.24, 2.45) is 0 Å². The van der Waals surface area contributed by atoms with E-state index in [1.165, 1.54) is 4.90 Å². The second kappa shape index (κ2) is 8.38. The Labute approximate surface area is 152 Å². The van der Waals surface area contributed by atoms with Crippen LogP contribution in [0.4, 0.5) is 10.5 Å². The number of carbonyl (C=O) groups excluding carboxylic acids is 2. The molecule has 0 aliphatic carbocycles. The summed E-state index contributed by atoms with van der Waals surface area (Å²) in [6, 6.07) is 16.4. The van der Waals surface area contributed by atoms with Gasteiger partial charge in [-0.05, 0) is 36.1 Å². The van der Waals surface area contributed by atoms with Gasteiger partial charge in [0, 0.05) is 18.8 Å². The molecule has 0 spiro atoms. The van der Waals surface area contributed by atoms with E-state index >= 15 is 0 Å². The Balaban J connectivity index is 1.53. The van der Waals surface area contributed by atoms with E-state index in [2.05, 4.69) is 5.32 Å². The highest BCUT2D eigenvalue weighted by molar-refractivity contribution is 5.86. The fourth-order valence-corrected chi connectivity index (χ4v) is 3.07. The number of nitrogen functional groups attached to an aromatic ring is 1. The highest BCUT2D eigenvalue weighted by atomic mass is 16.6. The largest absolute Gasteiger partial charge is 0.445 e. The number of amides is 2. The molecule has 3 N–H and O–H groups in total. The van der Waals surface area contributed by atoms with Crippen LogP contribution in [-0.2, 0) is 22.7 Å². The van der Waals surface area contributed by atoms with Crippen LogP contribution in [0.5, 0.6) is 0 Å². The molecule has 6 heteroatoms. The maximum Gasteiger partial charge on any atom is 0.410 e. The molecule has 1 atom stereocenters. The standard InChI is InChI=1S/C20H23N3O3/c21-17-9-4-8-16(12-17)13-22-19(24)18-10-5-11-23(18)20(25)26-14-15-6-2-1-3-7-15/h1-4,6-9,12,18H,5,10-11,13-14,21H2,(H,22,24)/t18-/m0/s1. The number of nitrogens with two attached hydrogens (primary N) is 1. The molecule has 0 unspecified atom stereocenters. The van der Waals surface area contributed by atoms with Crippen LogP contribution in [0.2, 0.25) is 0 Å². The lowest BCUT2D eigenvalue weighted by molar-refractivity contribution is -0.125. The molecule has 1 fully saturated rings. The van der Waals surface area contributed by atoms with Crippen molar-refractivity contribution in [2.75, 3.05) is 12.3 Å². The van der Waals surface area contributed by atoms with Crippen molar-refractivity contribution in [3.8, 4) is 0 Å². The highest BCUT2D eigenvalue weighted by Crippen LogP contribution is 2.19. The van der Waals surface area contributed by atoms with Crippen LogP contribution < -0.4 is 11.1 Å². The SMILES string of the molecule is Nc1cccc(CNC(=O)[C@@H]2CCCN2C(=O)OCc2ccccc2)c1. The summed E-state index contributed by atoms with van der Waals surface area (Å²) in [4.78, 5) is 26.4. The van der Waals surface area contributed by atoms with Gasteiger partial charge in [-0.1, -0.05) is 42.5 Å². The van der Waals surface area contributed by atoms with Gasteiger partial charge in [-0.25, -0.2) is 4.79 Å². The number of likely N-dealkylation sites (tertiary alicyclic amines) is 1. The zero-order valence-corrected chi connectivity index (χ0v) is 14.6. The summed E-state index contributed by atoms with van der Waals surface area (Å²) in [5, 5.41) is 2.88. The summed E-state index contributed by atoms with van der Waals surface area (Å²) in [5.41, 5.74) is 8.25. The van der Waals surface area contributed by atoms with Crippen LogP contribution in [0.25, 0.3) is 0 Å². The third-order valence-electron chi connectivity index (χ3n) is 4.41. The minimum Gasteiger partial charge on any atom is -0.445 e. The molecule has 0 radical (unpaired) electrons. The molecule has 3 rings (SSSR count). The van der Waals surface area contributed by atoms with Crippen LogP contribution in [0.1, 0.15) is 24.0 Å². The van der Waals surface area contributed by atoms with E-state index in [9.17, 15) is 9.59 Å². The van der Waals surface area contributed by atoms with E-state index in [4.69, 9.17) is 10.5 Å². The van der Waals surface area contributed by atoms with E-state index < -0.39 is 12.1 Å². The number of anilines is 1. The normalized spacial score (nSPS) is 16.3. The van der Waals surface area contributed by atoms with E-state index in [-0.39, 0.29) is 12.5 Å². The summed E-state index contributed by atoms with van der Waals surface area (Å²) in [5.74, 6) is -0.165. The van der Waals surface area contributed by atoms with Crippen molar-refractivity contribution in [2.45, 2.75) is 32.0 Å². The zero-order valence-electron chi connectivity index (χ0n) is 14.6. The molecule has 0 aromatic heterocycles. The van der Waals surface area contributed by atoms with Crippen molar-refractivity contribution in [1.82, 2.24) is 10.2 Å². The first-order chi connectivity index (χ1) is 12.6. The molecule has 1 heterocycles. The van der Waals surface area contributed by atoms with Crippen molar-refractivity contribution in [1.29, 1.82) is 0 Å². The fourth-order valence-electron chi connectivity index (χ4n) is 3.07. The predicted octanol–water partition coefficient (Wildman–Crippen LogP) is 2.69. The molecule has 2 aromatic carbocycles. The van der Waals surface area contributed by atoms with E-state index in [0.29, 0.717) is 25.2 Å². The highest BCUT2D eigenvalue weighted by Gasteiger charge is 2.34. The summed E-state index contributed by atoms with van der Waals surface area (Å²) in [6.07, 6.45) is 0.982. The molecule has 2 amide bonds. The summed E-state index contributed by atoms with van der Waals surface area (Å²) >= 11 is 0. The van der Waals surface area contributed by atoms with Gasteiger partial charge in [0.05, 0.1) is 0 Å². The van der Waals surface area contributed by atoms with Gasteiger partial charge in [0.2, 0.25) is 5.91 Å². The first-order valence-corrected chi connectivity index (χ1v) is 8.73. The molecule has 0 saturated carbocycles. The predicted molar refractivity (Wildman–Crippen MR) is 99.1 cm³/mol. The minimum absolute atomic E-state index is 0.165. The Bertz CT molecular complexity index is 764. The number of carbonyl (C=O) groups is 2. The van der Waals surface area contributed by atoms with Gasteiger partial charge in [-0.3, -0.25) is 9.69 Å². The average molecular weight is 353 g/mol. The lowest BCUT2D eigenvalue weighted by atomic mass is 10.1. The third-order valence-corrected chi connectivity index (χ3v) is 4.41. The monoisotopic (exact) mass is 353 g/mol. The number of ether oxygens (including phenoxy) is 1. The van der Waals surface area contributed by atoms with Crippen LogP contribution in [0, 0.1) is 0 Å². The number of benzene rings is 2. The van der Waals surface area contributed by atoms with Crippen molar-refractivity contribution in [3.05, 3.63) is 65.7 Å². The number of hydrogen-bond donors (Lipinski definition) is 2. The Morgan fingerprint density at radius 3 is 2.65 bits per heavy atom. The first-order valence-electron chi connectivity index (χ1n) is 8.73. The molecular formula is C20H23N3O3. The van der Waals surface area contributed by atoms with Gasteiger partial charge in [0.1, 0.15) is 12.6 Å². The maximum atomic E-state index is 12.5. The Morgan fingerprint density at radius 2 is 1.88 bits per heavy atom. The molecule has 1 saturated heterocycles. The van der Waals surface area contributed by atoms with Crippen LogP contribution in [0.15, 0.2) is 54.6 Å². The maximum absolute atomic E-state index is 12.5. The third kappa shape index (κ3) is 4.53. The van der Waals surface area contributed by atoms with Gasteiger partial charge in [0.25, 0.3) is 0 Å².